The molecule has 4 unspecified atom stereocenters. The monoisotopic (exact) mass is 406 g/mol. The zero-order valence-electron chi connectivity index (χ0n) is 14.0. The van der Waals surface area contributed by atoms with Gasteiger partial charge >= 0.3 is 6.18 Å². The average molecular weight is 407 g/mol. The van der Waals surface area contributed by atoms with E-state index in [4.69, 9.17) is 9.47 Å². The molecule has 134 valence electrons. The molecule has 1 aromatic carbocycles. The molecule has 0 radical (unpaired) electrons. The van der Waals surface area contributed by atoms with Crippen molar-refractivity contribution in [1.29, 1.82) is 0 Å². The van der Waals surface area contributed by atoms with Gasteiger partial charge in [-0.15, -0.1) is 0 Å². The molecule has 2 heterocycles. The minimum Gasteiger partial charge on any atom is -0.370 e. The number of rotatable bonds is 4. The number of alkyl halides is 4. The zero-order valence-corrected chi connectivity index (χ0v) is 15.6. The quantitative estimate of drug-likeness (QED) is 0.628. The summed E-state index contributed by atoms with van der Waals surface area (Å²) in [7, 11) is 0. The molecule has 0 spiro atoms. The number of hydrogen-bond donors (Lipinski definition) is 0. The lowest BCUT2D eigenvalue weighted by Gasteiger charge is -2.35. The Hall–Kier alpha value is -0.590. The maximum Gasteiger partial charge on any atom is 0.416 e. The lowest BCUT2D eigenvalue weighted by atomic mass is 9.75. The van der Waals surface area contributed by atoms with E-state index in [-0.39, 0.29) is 28.7 Å². The predicted molar refractivity (Wildman–Crippen MR) is 89.0 cm³/mol. The fourth-order valence-corrected chi connectivity index (χ4v) is 5.46. The van der Waals surface area contributed by atoms with Gasteiger partial charge in [0.1, 0.15) is 0 Å². The van der Waals surface area contributed by atoms with Crippen LogP contribution in [0.25, 0.3) is 0 Å². The summed E-state index contributed by atoms with van der Waals surface area (Å²) in [5.74, 6) is 0.305. The Kier molecular flexibility index (Phi) is 4.54. The summed E-state index contributed by atoms with van der Waals surface area (Å²) in [5, 5.41) is 0. The molecule has 0 aromatic heterocycles. The van der Waals surface area contributed by atoms with Gasteiger partial charge in [0.25, 0.3) is 0 Å². The first-order chi connectivity index (χ1) is 11.1. The molecule has 2 bridgehead atoms. The Morgan fingerprint density at radius 3 is 2.54 bits per heavy atom. The van der Waals surface area contributed by atoms with Gasteiger partial charge in [0, 0.05) is 11.2 Å². The molecular weight excluding hydrogens is 385 g/mol. The van der Waals surface area contributed by atoms with Crippen LogP contribution in [0.5, 0.6) is 0 Å². The molecule has 0 aliphatic carbocycles. The van der Waals surface area contributed by atoms with Crippen LogP contribution >= 0.6 is 15.9 Å². The molecule has 3 rings (SSSR count). The molecule has 4 atom stereocenters. The Bertz CT molecular complexity index is 619. The highest BCUT2D eigenvalue weighted by Gasteiger charge is 2.65. The van der Waals surface area contributed by atoms with Crippen LogP contribution < -0.4 is 0 Å². The van der Waals surface area contributed by atoms with Crippen molar-refractivity contribution < 1.29 is 22.6 Å². The van der Waals surface area contributed by atoms with Crippen LogP contribution in [0.3, 0.4) is 0 Å². The van der Waals surface area contributed by atoms with E-state index in [0.29, 0.717) is 12.3 Å². The minimum absolute atomic E-state index is 0.0551. The van der Waals surface area contributed by atoms with Crippen molar-refractivity contribution in [1.82, 2.24) is 0 Å². The van der Waals surface area contributed by atoms with Crippen molar-refractivity contribution in [2.45, 2.75) is 68.5 Å². The second-order valence-electron chi connectivity index (χ2n) is 7.35. The van der Waals surface area contributed by atoms with Gasteiger partial charge in [-0.3, -0.25) is 0 Å². The molecule has 6 heteroatoms. The third-order valence-corrected chi connectivity index (χ3v) is 6.56. The van der Waals surface area contributed by atoms with Gasteiger partial charge in [-0.1, -0.05) is 48.0 Å². The Morgan fingerprint density at radius 1 is 1.29 bits per heavy atom. The highest BCUT2D eigenvalue weighted by molar-refractivity contribution is 9.09. The number of fused-ring (bicyclic) bond motifs is 2. The summed E-state index contributed by atoms with van der Waals surface area (Å²) in [6, 6.07) is 5.58. The minimum atomic E-state index is -4.37. The van der Waals surface area contributed by atoms with Crippen molar-refractivity contribution in [3.63, 3.8) is 0 Å². The molecule has 0 amide bonds. The van der Waals surface area contributed by atoms with Crippen LogP contribution in [0.15, 0.2) is 24.3 Å². The second-order valence-corrected chi connectivity index (χ2v) is 8.46. The maximum absolute atomic E-state index is 13.1. The molecule has 2 saturated heterocycles. The summed E-state index contributed by atoms with van der Waals surface area (Å²) in [6.45, 7) is 6.17. The summed E-state index contributed by atoms with van der Waals surface area (Å²) in [4.78, 5) is 0.248. The van der Waals surface area contributed by atoms with Gasteiger partial charge in [0.15, 0.2) is 0 Å². The highest BCUT2D eigenvalue weighted by atomic mass is 79.9. The second kappa shape index (κ2) is 5.99. The van der Waals surface area contributed by atoms with Crippen LogP contribution in [0, 0.1) is 5.92 Å². The molecule has 0 saturated carbocycles. The smallest absolute Gasteiger partial charge is 0.370 e. The van der Waals surface area contributed by atoms with Gasteiger partial charge in [-0.25, -0.2) is 0 Å². The third-order valence-electron chi connectivity index (χ3n) is 5.46. The van der Waals surface area contributed by atoms with Gasteiger partial charge in [-0.2, -0.15) is 13.2 Å². The number of halogens is 4. The van der Waals surface area contributed by atoms with Gasteiger partial charge in [-0.05, 0) is 30.9 Å². The maximum atomic E-state index is 13.1. The lowest BCUT2D eigenvalue weighted by Crippen LogP contribution is -2.44. The summed E-state index contributed by atoms with van der Waals surface area (Å²) in [6.07, 6.45) is -3.06. The van der Waals surface area contributed by atoms with E-state index in [1.54, 1.807) is 6.07 Å². The van der Waals surface area contributed by atoms with Crippen LogP contribution in [-0.2, 0) is 22.3 Å². The van der Waals surface area contributed by atoms with E-state index in [0.717, 1.165) is 12.5 Å². The molecule has 2 fully saturated rings. The molecule has 2 aliphatic heterocycles. The fraction of sp³-hybridized carbons (Fsp3) is 0.667. The largest absolute Gasteiger partial charge is 0.416 e. The standard InChI is InChI=1S/C18H22BrF3O2/c1-11(2)17-9-15(16(3,24-17)8-14(17)19)23-10-12-6-4-5-7-13(12)18(20,21)22/h4-7,11,14-15H,8-10H2,1-3H3. The van der Waals surface area contributed by atoms with E-state index in [1.807, 2.05) is 6.92 Å². The van der Waals surface area contributed by atoms with Gasteiger partial charge in [0.05, 0.1) is 29.5 Å². The SMILES string of the molecule is CC(C)C12CC(OCc3ccccc3C(F)(F)F)C(C)(CC1Br)O2. The molecular formula is C18H22BrF3O2. The predicted octanol–water partition coefficient (Wildman–Crippen LogP) is 5.33. The van der Waals surface area contributed by atoms with Crippen molar-refractivity contribution in [2.75, 3.05) is 0 Å². The first-order valence-electron chi connectivity index (χ1n) is 8.19. The summed E-state index contributed by atoms with van der Waals surface area (Å²) < 4.78 is 51.6. The first kappa shape index (κ1) is 18.2. The van der Waals surface area contributed by atoms with Crippen molar-refractivity contribution in [2.24, 2.45) is 5.92 Å². The number of hydrogen-bond acceptors (Lipinski definition) is 2. The van der Waals surface area contributed by atoms with E-state index < -0.39 is 17.3 Å². The van der Waals surface area contributed by atoms with E-state index >= 15 is 0 Å². The first-order valence-corrected chi connectivity index (χ1v) is 9.11. The zero-order chi connectivity index (χ0) is 17.8. The van der Waals surface area contributed by atoms with E-state index in [2.05, 4.69) is 29.8 Å². The molecule has 0 N–H and O–H groups in total. The van der Waals surface area contributed by atoms with Crippen molar-refractivity contribution in [3.8, 4) is 0 Å². The third kappa shape index (κ3) is 2.90. The van der Waals surface area contributed by atoms with Crippen molar-refractivity contribution >= 4 is 15.9 Å². The topological polar surface area (TPSA) is 18.5 Å². The Balaban J connectivity index is 1.76. The summed E-state index contributed by atoms with van der Waals surface area (Å²) >= 11 is 3.72. The van der Waals surface area contributed by atoms with Crippen LogP contribution in [-0.4, -0.2) is 22.1 Å². The summed E-state index contributed by atoms with van der Waals surface area (Å²) in [5.41, 5.74) is -1.21. The van der Waals surface area contributed by atoms with Crippen LogP contribution in [0.1, 0.15) is 44.7 Å². The Labute approximate surface area is 148 Å². The molecule has 2 nitrogen and oxygen atoms in total. The Morgan fingerprint density at radius 2 is 1.96 bits per heavy atom. The van der Waals surface area contributed by atoms with E-state index in [9.17, 15) is 13.2 Å². The highest BCUT2D eigenvalue weighted by Crippen LogP contribution is 2.57. The lowest BCUT2D eigenvalue weighted by molar-refractivity contribution is -0.139. The van der Waals surface area contributed by atoms with Gasteiger partial charge in [0.2, 0.25) is 0 Å². The number of ether oxygens (including phenoxy) is 2. The average Bonchev–Trinajstić information content (AvgIpc) is 2.92. The molecule has 24 heavy (non-hydrogen) atoms. The molecule has 2 aliphatic rings. The number of benzene rings is 1. The van der Waals surface area contributed by atoms with Crippen LogP contribution in [0.2, 0.25) is 0 Å². The van der Waals surface area contributed by atoms with E-state index in [1.165, 1.54) is 12.1 Å². The molecule has 1 aromatic rings. The van der Waals surface area contributed by atoms with Crippen LogP contribution in [0.4, 0.5) is 13.2 Å². The van der Waals surface area contributed by atoms with Gasteiger partial charge < -0.3 is 9.47 Å². The van der Waals surface area contributed by atoms with Crippen molar-refractivity contribution in [3.05, 3.63) is 35.4 Å². The normalized spacial score (nSPS) is 35.8. The fourth-order valence-electron chi connectivity index (χ4n) is 4.00.